The van der Waals surface area contributed by atoms with Gasteiger partial charge in [0.05, 0.1) is 11.1 Å². The van der Waals surface area contributed by atoms with Crippen LogP contribution in [-0.2, 0) is 6.42 Å². The molecular formula is C18H13F4NO3. The minimum atomic E-state index is -4.79. The summed E-state index contributed by atoms with van der Waals surface area (Å²) >= 11 is 0. The van der Waals surface area contributed by atoms with Gasteiger partial charge in [-0.3, -0.25) is 4.79 Å². The van der Waals surface area contributed by atoms with E-state index in [1.165, 1.54) is 31.2 Å². The van der Waals surface area contributed by atoms with Crippen LogP contribution < -0.4 is 10.2 Å². The van der Waals surface area contributed by atoms with Crippen molar-refractivity contribution in [2.45, 2.75) is 19.7 Å². The molecule has 26 heavy (non-hydrogen) atoms. The fraction of sp³-hybridized carbons (Fsp3) is 0.167. The molecule has 1 heterocycles. The summed E-state index contributed by atoms with van der Waals surface area (Å²) < 4.78 is 54.9. The van der Waals surface area contributed by atoms with E-state index in [0.29, 0.717) is 10.3 Å². The van der Waals surface area contributed by atoms with Crippen molar-refractivity contribution in [1.29, 1.82) is 0 Å². The lowest BCUT2D eigenvalue weighted by atomic mass is 10.0. The standard InChI is InChI=1S/C18H13F4NO3/c1-10-14(9-11-5-7-12(8-6-11)26-18(20,21)22)17(24)13-3-2-4-15(19)16(13)23(10)25/h2-8,25H,9H2,1H3. The van der Waals surface area contributed by atoms with Gasteiger partial charge in [0.1, 0.15) is 11.3 Å². The summed E-state index contributed by atoms with van der Waals surface area (Å²) in [6, 6.07) is 8.94. The average molecular weight is 367 g/mol. The molecule has 1 aromatic heterocycles. The first-order valence-electron chi connectivity index (χ1n) is 7.54. The van der Waals surface area contributed by atoms with E-state index in [-0.39, 0.29) is 34.3 Å². The third-order valence-electron chi connectivity index (χ3n) is 4.01. The Bertz CT molecular complexity index is 1020. The molecule has 0 fully saturated rings. The predicted molar refractivity (Wildman–Crippen MR) is 86.0 cm³/mol. The van der Waals surface area contributed by atoms with Gasteiger partial charge in [-0.05, 0) is 36.8 Å². The zero-order valence-electron chi connectivity index (χ0n) is 13.5. The Morgan fingerprint density at radius 3 is 2.38 bits per heavy atom. The number of hydrogen-bond acceptors (Lipinski definition) is 3. The third-order valence-corrected chi connectivity index (χ3v) is 4.01. The number of ether oxygens (including phenoxy) is 1. The van der Waals surface area contributed by atoms with Gasteiger partial charge in [-0.15, -0.1) is 13.2 Å². The van der Waals surface area contributed by atoms with Crippen LogP contribution in [0, 0.1) is 12.7 Å². The first kappa shape index (κ1) is 17.8. The highest BCUT2D eigenvalue weighted by Crippen LogP contribution is 2.24. The Morgan fingerprint density at radius 2 is 1.77 bits per heavy atom. The summed E-state index contributed by atoms with van der Waals surface area (Å²) in [6.07, 6.45) is -4.73. The summed E-state index contributed by atoms with van der Waals surface area (Å²) in [6.45, 7) is 1.46. The number of aromatic nitrogens is 1. The van der Waals surface area contributed by atoms with Crippen LogP contribution in [0.3, 0.4) is 0 Å². The highest BCUT2D eigenvalue weighted by atomic mass is 19.4. The number of halogens is 4. The summed E-state index contributed by atoms with van der Waals surface area (Å²) in [5, 5.41) is 10.2. The van der Waals surface area contributed by atoms with E-state index in [1.807, 2.05) is 0 Å². The highest BCUT2D eigenvalue weighted by Gasteiger charge is 2.31. The van der Waals surface area contributed by atoms with Crippen molar-refractivity contribution in [3.8, 4) is 5.75 Å². The normalized spacial score (nSPS) is 11.7. The smallest absolute Gasteiger partial charge is 0.428 e. The summed E-state index contributed by atoms with van der Waals surface area (Å²) in [7, 11) is 0. The molecular weight excluding hydrogens is 354 g/mol. The van der Waals surface area contributed by atoms with Crippen molar-refractivity contribution >= 4 is 10.9 Å². The largest absolute Gasteiger partial charge is 0.573 e. The minimum absolute atomic E-state index is 0.0186. The van der Waals surface area contributed by atoms with Gasteiger partial charge in [-0.25, -0.2) is 4.39 Å². The molecule has 1 N–H and O–H groups in total. The third kappa shape index (κ3) is 3.35. The van der Waals surface area contributed by atoms with Gasteiger partial charge in [-0.2, -0.15) is 4.73 Å². The Morgan fingerprint density at radius 1 is 1.12 bits per heavy atom. The molecule has 0 aliphatic heterocycles. The molecule has 3 aromatic rings. The van der Waals surface area contributed by atoms with Crippen LogP contribution in [0.4, 0.5) is 17.6 Å². The lowest BCUT2D eigenvalue weighted by Crippen LogP contribution is -2.19. The molecule has 136 valence electrons. The van der Waals surface area contributed by atoms with E-state index in [1.54, 1.807) is 0 Å². The molecule has 0 saturated heterocycles. The summed E-state index contributed by atoms with van der Waals surface area (Å²) in [4.78, 5) is 12.6. The molecule has 0 spiro atoms. The number of rotatable bonds is 3. The van der Waals surface area contributed by atoms with Crippen LogP contribution in [0.25, 0.3) is 10.9 Å². The van der Waals surface area contributed by atoms with Crippen molar-refractivity contribution in [2.24, 2.45) is 0 Å². The quantitative estimate of drug-likeness (QED) is 0.558. The van der Waals surface area contributed by atoms with Crippen LogP contribution in [0.2, 0.25) is 0 Å². The maximum absolute atomic E-state index is 13.9. The lowest BCUT2D eigenvalue weighted by Gasteiger charge is -2.14. The first-order chi connectivity index (χ1) is 12.2. The van der Waals surface area contributed by atoms with Gasteiger partial charge in [0.2, 0.25) is 0 Å². The van der Waals surface area contributed by atoms with E-state index in [0.717, 1.165) is 18.2 Å². The number of nitrogens with zero attached hydrogens (tertiary/aromatic N) is 1. The molecule has 0 aliphatic rings. The number of pyridine rings is 1. The van der Waals surface area contributed by atoms with Crippen molar-refractivity contribution in [2.75, 3.05) is 0 Å². The fourth-order valence-corrected chi connectivity index (χ4v) is 2.76. The number of benzene rings is 2. The van der Waals surface area contributed by atoms with Gasteiger partial charge in [-0.1, -0.05) is 18.2 Å². The topological polar surface area (TPSA) is 51.5 Å². The molecule has 0 saturated carbocycles. The number of hydrogen-bond donors (Lipinski definition) is 1. The molecule has 3 rings (SSSR count). The second-order valence-electron chi connectivity index (χ2n) is 5.71. The number of alkyl halides is 3. The highest BCUT2D eigenvalue weighted by molar-refractivity contribution is 5.80. The zero-order chi connectivity index (χ0) is 19.1. The molecule has 0 atom stereocenters. The molecule has 0 unspecified atom stereocenters. The van der Waals surface area contributed by atoms with Gasteiger partial charge in [0.25, 0.3) is 0 Å². The van der Waals surface area contributed by atoms with Gasteiger partial charge >= 0.3 is 6.36 Å². The maximum Gasteiger partial charge on any atom is 0.573 e. The maximum atomic E-state index is 13.9. The SMILES string of the molecule is Cc1c(Cc2ccc(OC(F)(F)F)cc2)c(=O)c2cccc(F)c2n1O. The monoisotopic (exact) mass is 367 g/mol. The molecule has 8 heteroatoms. The number of para-hydroxylation sites is 1. The van der Waals surface area contributed by atoms with Crippen LogP contribution in [0.1, 0.15) is 16.8 Å². The van der Waals surface area contributed by atoms with E-state index < -0.39 is 17.6 Å². The number of fused-ring (bicyclic) bond motifs is 1. The Labute approximate surface area is 144 Å². The molecule has 0 radical (unpaired) electrons. The molecule has 0 aliphatic carbocycles. The van der Waals surface area contributed by atoms with Crippen LogP contribution >= 0.6 is 0 Å². The van der Waals surface area contributed by atoms with Crippen LogP contribution in [0.15, 0.2) is 47.3 Å². The van der Waals surface area contributed by atoms with Crippen LogP contribution in [0.5, 0.6) is 5.75 Å². The lowest BCUT2D eigenvalue weighted by molar-refractivity contribution is -0.274. The van der Waals surface area contributed by atoms with Gasteiger partial charge in [0, 0.05) is 12.0 Å². The Hall–Kier alpha value is -3.03. The molecule has 4 nitrogen and oxygen atoms in total. The van der Waals surface area contributed by atoms with Crippen molar-refractivity contribution < 1.29 is 27.5 Å². The summed E-state index contributed by atoms with van der Waals surface area (Å²) in [5.41, 5.74) is 0.249. The van der Waals surface area contributed by atoms with E-state index in [2.05, 4.69) is 4.74 Å². The van der Waals surface area contributed by atoms with Gasteiger partial charge < -0.3 is 9.94 Å². The molecule has 0 amide bonds. The van der Waals surface area contributed by atoms with E-state index >= 15 is 0 Å². The Balaban J connectivity index is 2.01. The van der Waals surface area contributed by atoms with Crippen LogP contribution in [-0.4, -0.2) is 16.3 Å². The molecule has 0 bridgehead atoms. The van der Waals surface area contributed by atoms with Crippen molar-refractivity contribution in [1.82, 2.24) is 4.73 Å². The average Bonchev–Trinajstić information content (AvgIpc) is 2.57. The minimum Gasteiger partial charge on any atom is -0.428 e. The fourth-order valence-electron chi connectivity index (χ4n) is 2.76. The van der Waals surface area contributed by atoms with Gasteiger partial charge in [0.15, 0.2) is 11.2 Å². The Kier molecular flexibility index (Phi) is 4.35. The van der Waals surface area contributed by atoms with E-state index in [9.17, 15) is 27.6 Å². The van der Waals surface area contributed by atoms with Crippen molar-refractivity contribution in [3.05, 3.63) is 75.3 Å². The zero-order valence-corrected chi connectivity index (χ0v) is 13.5. The van der Waals surface area contributed by atoms with Crippen molar-refractivity contribution in [3.63, 3.8) is 0 Å². The first-order valence-corrected chi connectivity index (χ1v) is 7.54. The van der Waals surface area contributed by atoms with E-state index in [4.69, 9.17) is 0 Å². The predicted octanol–water partition coefficient (Wildman–Crippen LogP) is 4.18. The molecule has 2 aromatic carbocycles. The summed E-state index contributed by atoms with van der Waals surface area (Å²) in [5.74, 6) is -1.11. The second-order valence-corrected chi connectivity index (χ2v) is 5.71. The second kappa shape index (κ2) is 6.36.